The maximum Gasteiger partial charge on any atom is 0.0916 e. The summed E-state index contributed by atoms with van der Waals surface area (Å²) < 4.78 is 1.06. The number of hydrogen-bond donors (Lipinski definition) is 1. The number of nitrogens with zero attached hydrogens (tertiary/aromatic N) is 1. The molecule has 0 saturated carbocycles. The molecule has 2 nitrogen and oxygen atoms in total. The van der Waals surface area contributed by atoms with Crippen molar-refractivity contribution in [2.24, 2.45) is 0 Å². The van der Waals surface area contributed by atoms with Gasteiger partial charge in [0.1, 0.15) is 0 Å². The summed E-state index contributed by atoms with van der Waals surface area (Å²) in [4.78, 5) is 2.43. The molecule has 1 N–H and O–H groups in total. The van der Waals surface area contributed by atoms with Crippen LogP contribution in [0.1, 0.15) is 64.0 Å². The van der Waals surface area contributed by atoms with E-state index in [0.29, 0.717) is 0 Å². The molecule has 0 fully saturated rings. The van der Waals surface area contributed by atoms with Crippen LogP contribution in [0.5, 0.6) is 0 Å². The monoisotopic (exact) mass is 355 g/mol. The van der Waals surface area contributed by atoms with Gasteiger partial charge in [-0.3, -0.25) is 0 Å². The van der Waals surface area contributed by atoms with Crippen molar-refractivity contribution in [2.75, 3.05) is 19.6 Å². The average molecular weight is 356 g/mol. The van der Waals surface area contributed by atoms with Gasteiger partial charge < -0.3 is 10.0 Å². The van der Waals surface area contributed by atoms with E-state index in [-0.39, 0.29) is 6.10 Å². The predicted octanol–water partition coefficient (Wildman–Crippen LogP) is 5.16. The normalized spacial score (nSPS) is 12.8. The van der Waals surface area contributed by atoms with Gasteiger partial charge in [-0.2, -0.15) is 0 Å². The van der Waals surface area contributed by atoms with Crippen molar-refractivity contribution in [3.8, 4) is 0 Å². The molecular formula is C18H30BrNO. The van der Waals surface area contributed by atoms with Crippen molar-refractivity contribution in [3.05, 3.63) is 34.3 Å². The predicted molar refractivity (Wildman–Crippen MR) is 94.6 cm³/mol. The fourth-order valence-corrected chi connectivity index (χ4v) is 2.76. The SMILES string of the molecule is CCCCCN(CCCCC)C[C@@H](O)c1ccc(Br)cc1. The lowest BCUT2D eigenvalue weighted by atomic mass is 10.1. The summed E-state index contributed by atoms with van der Waals surface area (Å²) in [6, 6.07) is 8.00. The minimum Gasteiger partial charge on any atom is -0.387 e. The third kappa shape index (κ3) is 7.98. The zero-order chi connectivity index (χ0) is 15.5. The van der Waals surface area contributed by atoms with Gasteiger partial charge in [-0.1, -0.05) is 67.6 Å². The van der Waals surface area contributed by atoms with E-state index >= 15 is 0 Å². The van der Waals surface area contributed by atoms with Gasteiger partial charge in [-0.05, 0) is 43.6 Å². The lowest BCUT2D eigenvalue weighted by Crippen LogP contribution is -2.30. The molecule has 0 amide bonds. The van der Waals surface area contributed by atoms with Gasteiger partial charge in [-0.15, -0.1) is 0 Å². The second-order valence-corrected chi connectivity index (χ2v) is 6.70. The summed E-state index contributed by atoms with van der Waals surface area (Å²) in [5, 5.41) is 10.4. The summed E-state index contributed by atoms with van der Waals surface area (Å²) in [6.45, 7) is 7.42. The van der Waals surface area contributed by atoms with Crippen LogP contribution >= 0.6 is 15.9 Å². The number of aliphatic hydroxyl groups is 1. The maximum atomic E-state index is 10.4. The van der Waals surface area contributed by atoms with Crippen LogP contribution in [0.4, 0.5) is 0 Å². The summed E-state index contributed by atoms with van der Waals surface area (Å²) in [5.41, 5.74) is 1.01. The number of hydrogen-bond acceptors (Lipinski definition) is 2. The van der Waals surface area contributed by atoms with E-state index in [1.165, 1.54) is 38.5 Å². The van der Waals surface area contributed by atoms with Crippen LogP contribution in [-0.4, -0.2) is 29.6 Å². The summed E-state index contributed by atoms with van der Waals surface area (Å²) in [7, 11) is 0. The van der Waals surface area contributed by atoms with Crippen molar-refractivity contribution in [1.82, 2.24) is 4.90 Å². The third-order valence-corrected chi connectivity index (χ3v) is 4.37. The minimum absolute atomic E-state index is 0.388. The van der Waals surface area contributed by atoms with Gasteiger partial charge >= 0.3 is 0 Å². The highest BCUT2D eigenvalue weighted by molar-refractivity contribution is 9.10. The number of benzene rings is 1. The molecule has 0 unspecified atom stereocenters. The Morgan fingerprint density at radius 2 is 1.48 bits per heavy atom. The summed E-state index contributed by atoms with van der Waals surface area (Å²) >= 11 is 3.44. The second-order valence-electron chi connectivity index (χ2n) is 5.78. The van der Waals surface area contributed by atoms with Gasteiger partial charge in [0.05, 0.1) is 6.10 Å². The fraction of sp³-hybridized carbons (Fsp3) is 0.667. The first-order valence-corrected chi connectivity index (χ1v) is 9.12. The Morgan fingerprint density at radius 3 is 1.95 bits per heavy atom. The van der Waals surface area contributed by atoms with Gasteiger partial charge in [-0.25, -0.2) is 0 Å². The molecule has 0 heterocycles. The van der Waals surface area contributed by atoms with E-state index < -0.39 is 0 Å². The Hall–Kier alpha value is -0.380. The lowest BCUT2D eigenvalue weighted by molar-refractivity contribution is 0.110. The van der Waals surface area contributed by atoms with E-state index in [1.54, 1.807) is 0 Å². The van der Waals surface area contributed by atoms with Crippen LogP contribution < -0.4 is 0 Å². The molecule has 0 spiro atoms. The summed E-state index contributed by atoms with van der Waals surface area (Å²) in [5.74, 6) is 0. The largest absolute Gasteiger partial charge is 0.387 e. The van der Waals surface area contributed by atoms with E-state index in [9.17, 15) is 5.11 Å². The van der Waals surface area contributed by atoms with Crippen LogP contribution in [0.2, 0.25) is 0 Å². The number of unbranched alkanes of at least 4 members (excludes halogenated alkanes) is 4. The zero-order valence-corrected chi connectivity index (χ0v) is 15.1. The first-order valence-electron chi connectivity index (χ1n) is 8.33. The van der Waals surface area contributed by atoms with Crippen molar-refractivity contribution >= 4 is 15.9 Å². The number of halogens is 1. The molecule has 1 aromatic carbocycles. The molecule has 0 saturated heterocycles. The molecule has 0 radical (unpaired) electrons. The molecule has 1 aromatic rings. The van der Waals surface area contributed by atoms with Crippen molar-refractivity contribution < 1.29 is 5.11 Å². The third-order valence-electron chi connectivity index (χ3n) is 3.84. The second kappa shape index (κ2) is 11.2. The highest BCUT2D eigenvalue weighted by Gasteiger charge is 2.13. The molecule has 1 atom stereocenters. The zero-order valence-electron chi connectivity index (χ0n) is 13.5. The number of rotatable bonds is 11. The molecular weight excluding hydrogens is 326 g/mol. The quantitative estimate of drug-likeness (QED) is 0.553. The maximum absolute atomic E-state index is 10.4. The molecule has 0 aliphatic heterocycles. The van der Waals surface area contributed by atoms with E-state index in [1.807, 2.05) is 24.3 Å². The first kappa shape index (κ1) is 18.7. The van der Waals surface area contributed by atoms with Gasteiger partial charge in [0.2, 0.25) is 0 Å². The van der Waals surface area contributed by atoms with Crippen molar-refractivity contribution in [2.45, 2.75) is 58.5 Å². The Kier molecular flexibility index (Phi) is 9.98. The molecule has 1 rings (SSSR count). The van der Waals surface area contributed by atoms with Crippen molar-refractivity contribution in [3.63, 3.8) is 0 Å². The molecule has 0 aliphatic rings. The Morgan fingerprint density at radius 1 is 0.952 bits per heavy atom. The molecule has 0 aliphatic carbocycles. The van der Waals surface area contributed by atoms with Crippen LogP contribution in [0.25, 0.3) is 0 Å². The fourth-order valence-electron chi connectivity index (χ4n) is 2.50. The molecule has 0 bridgehead atoms. The Bertz CT molecular complexity index is 356. The minimum atomic E-state index is -0.388. The molecule has 120 valence electrons. The van der Waals surface area contributed by atoms with Crippen LogP contribution in [0.15, 0.2) is 28.7 Å². The Balaban J connectivity index is 2.49. The van der Waals surface area contributed by atoms with Gasteiger partial charge in [0.25, 0.3) is 0 Å². The smallest absolute Gasteiger partial charge is 0.0916 e. The van der Waals surface area contributed by atoms with Crippen molar-refractivity contribution in [1.29, 1.82) is 0 Å². The molecule has 21 heavy (non-hydrogen) atoms. The van der Waals surface area contributed by atoms with E-state index in [0.717, 1.165) is 29.7 Å². The van der Waals surface area contributed by atoms with Gasteiger partial charge in [0, 0.05) is 11.0 Å². The molecule has 3 heteroatoms. The first-order chi connectivity index (χ1) is 10.2. The highest BCUT2D eigenvalue weighted by Crippen LogP contribution is 2.18. The van der Waals surface area contributed by atoms with Crippen LogP contribution in [-0.2, 0) is 0 Å². The highest BCUT2D eigenvalue weighted by atomic mass is 79.9. The summed E-state index contributed by atoms with van der Waals surface area (Å²) in [6.07, 6.45) is 7.13. The van der Waals surface area contributed by atoms with Crippen LogP contribution in [0, 0.1) is 0 Å². The average Bonchev–Trinajstić information content (AvgIpc) is 2.48. The number of aliphatic hydroxyl groups excluding tert-OH is 1. The molecule has 0 aromatic heterocycles. The Labute approximate surface area is 138 Å². The van der Waals surface area contributed by atoms with Crippen LogP contribution in [0.3, 0.4) is 0 Å². The standard InChI is InChI=1S/C18H30BrNO/c1-3-5-7-13-20(14-8-6-4-2)15-18(21)16-9-11-17(19)12-10-16/h9-12,18,21H,3-8,13-15H2,1-2H3/t18-/m1/s1. The lowest BCUT2D eigenvalue weighted by Gasteiger charge is -2.25. The van der Waals surface area contributed by atoms with Gasteiger partial charge in [0.15, 0.2) is 0 Å². The van der Waals surface area contributed by atoms with E-state index in [2.05, 4.69) is 34.7 Å². The topological polar surface area (TPSA) is 23.5 Å². The van der Waals surface area contributed by atoms with E-state index in [4.69, 9.17) is 0 Å².